The number of urea groups is 1. The Morgan fingerprint density at radius 2 is 2.22 bits per heavy atom. The van der Waals surface area contributed by atoms with Crippen LogP contribution in [-0.4, -0.2) is 46.4 Å². The number of likely N-dealkylation sites (N-methyl/N-ethyl adjacent to an activating group) is 1. The minimum atomic E-state index is -4.57. The first-order valence-electron chi connectivity index (χ1n) is 6.96. The van der Waals surface area contributed by atoms with Crippen molar-refractivity contribution in [3.05, 3.63) is 23.8 Å². The lowest BCUT2D eigenvalue weighted by atomic mass is 10.1. The van der Waals surface area contributed by atoms with E-state index in [9.17, 15) is 22.8 Å². The van der Waals surface area contributed by atoms with Crippen LogP contribution in [0.1, 0.15) is 24.4 Å². The molecule has 1 unspecified atom stereocenters. The van der Waals surface area contributed by atoms with Crippen molar-refractivity contribution < 1.29 is 22.8 Å². The fourth-order valence-electron chi connectivity index (χ4n) is 2.18. The highest BCUT2D eigenvalue weighted by Gasteiger charge is 2.32. The molecule has 2 rings (SSSR count). The zero-order valence-electron chi connectivity index (χ0n) is 12.4. The minimum Gasteiger partial charge on any atom is -0.344 e. The van der Waals surface area contributed by atoms with Gasteiger partial charge >= 0.3 is 12.2 Å². The van der Waals surface area contributed by atoms with Gasteiger partial charge in [0, 0.05) is 19.8 Å². The number of nitrogens with one attached hydrogen (secondary N) is 2. The Kier molecular flexibility index (Phi) is 5.02. The number of carbonyl (C=O) groups is 2. The summed E-state index contributed by atoms with van der Waals surface area (Å²) in [6, 6.07) is -0.532. The number of nitrogens with zero attached hydrogens (tertiary/aromatic N) is 3. The Morgan fingerprint density at radius 3 is 2.91 bits per heavy atom. The second kappa shape index (κ2) is 6.80. The maximum absolute atomic E-state index is 12.5. The van der Waals surface area contributed by atoms with Crippen molar-refractivity contribution in [2.45, 2.75) is 31.6 Å². The van der Waals surface area contributed by atoms with E-state index in [-0.39, 0.29) is 18.3 Å². The molecule has 10 heteroatoms. The molecule has 0 radical (unpaired) electrons. The van der Waals surface area contributed by atoms with Crippen LogP contribution in [-0.2, 0) is 17.5 Å². The molecule has 0 saturated carbocycles. The van der Waals surface area contributed by atoms with Crippen molar-refractivity contribution in [3.63, 3.8) is 0 Å². The van der Waals surface area contributed by atoms with Gasteiger partial charge in [-0.2, -0.15) is 13.2 Å². The third kappa shape index (κ3) is 4.54. The Bertz CT molecular complexity index is 593. The molecule has 1 atom stereocenters. The summed E-state index contributed by atoms with van der Waals surface area (Å²) in [5.41, 5.74) is -1.08. The molecule has 1 aromatic rings. The van der Waals surface area contributed by atoms with Gasteiger partial charge in [0.2, 0.25) is 5.91 Å². The highest BCUT2D eigenvalue weighted by atomic mass is 19.4. The molecule has 3 amide bonds. The minimum absolute atomic E-state index is 0.165. The molecule has 2 heterocycles. The van der Waals surface area contributed by atoms with Gasteiger partial charge in [-0.3, -0.25) is 4.79 Å². The van der Waals surface area contributed by atoms with E-state index in [0.29, 0.717) is 13.0 Å². The van der Waals surface area contributed by atoms with E-state index in [2.05, 4.69) is 20.6 Å². The van der Waals surface area contributed by atoms with Crippen LogP contribution in [0.2, 0.25) is 0 Å². The number of rotatable bonds is 3. The summed E-state index contributed by atoms with van der Waals surface area (Å²) in [7, 11) is 1.64. The summed E-state index contributed by atoms with van der Waals surface area (Å²) in [4.78, 5) is 32.1. The second-order valence-corrected chi connectivity index (χ2v) is 5.14. The van der Waals surface area contributed by atoms with Gasteiger partial charge in [-0.15, -0.1) is 0 Å². The molecule has 23 heavy (non-hydrogen) atoms. The average Bonchev–Trinajstić information content (AvgIpc) is 2.49. The summed E-state index contributed by atoms with van der Waals surface area (Å²) < 4.78 is 37.6. The normalized spacial score (nSPS) is 18.7. The summed E-state index contributed by atoms with van der Waals surface area (Å²) >= 11 is 0. The van der Waals surface area contributed by atoms with E-state index in [1.807, 2.05) is 0 Å². The summed E-state index contributed by atoms with van der Waals surface area (Å²) in [6.07, 6.45) is -2.30. The van der Waals surface area contributed by atoms with Crippen molar-refractivity contribution in [2.24, 2.45) is 0 Å². The fraction of sp³-hybridized carbons (Fsp3) is 0.538. The third-order valence-corrected chi connectivity index (χ3v) is 3.37. The number of amides is 3. The first kappa shape index (κ1) is 17.0. The molecular weight excluding hydrogens is 315 g/mol. The zero-order chi connectivity index (χ0) is 17.0. The van der Waals surface area contributed by atoms with Crippen LogP contribution in [0.4, 0.5) is 18.0 Å². The van der Waals surface area contributed by atoms with Crippen molar-refractivity contribution >= 4 is 11.9 Å². The lowest BCUT2D eigenvalue weighted by Crippen LogP contribution is -2.53. The fourth-order valence-corrected chi connectivity index (χ4v) is 2.18. The molecule has 126 valence electrons. The van der Waals surface area contributed by atoms with Crippen LogP contribution in [0.25, 0.3) is 0 Å². The number of alkyl halides is 3. The Labute approximate surface area is 130 Å². The SMILES string of the molecule is CN1CCCC(NC(=O)NCc2nccc(C(F)(F)F)n2)C1=O. The molecule has 0 aliphatic carbocycles. The zero-order valence-corrected chi connectivity index (χ0v) is 12.4. The molecule has 1 aromatic heterocycles. The molecule has 2 N–H and O–H groups in total. The highest BCUT2D eigenvalue weighted by Crippen LogP contribution is 2.26. The number of likely N-dealkylation sites (tertiary alicyclic amines) is 1. The number of carbonyl (C=O) groups excluding carboxylic acids is 2. The number of hydrogen-bond acceptors (Lipinski definition) is 4. The predicted molar refractivity (Wildman–Crippen MR) is 73.1 cm³/mol. The highest BCUT2D eigenvalue weighted by molar-refractivity contribution is 5.87. The Morgan fingerprint density at radius 1 is 1.48 bits per heavy atom. The molecule has 1 saturated heterocycles. The smallest absolute Gasteiger partial charge is 0.344 e. The lowest BCUT2D eigenvalue weighted by molar-refractivity contribution is -0.141. The molecule has 0 bridgehead atoms. The van der Waals surface area contributed by atoms with Gasteiger partial charge < -0.3 is 15.5 Å². The average molecular weight is 331 g/mol. The topological polar surface area (TPSA) is 87.2 Å². The predicted octanol–water partition coefficient (Wildman–Crippen LogP) is 0.915. The van der Waals surface area contributed by atoms with Gasteiger partial charge in [0.1, 0.15) is 17.6 Å². The van der Waals surface area contributed by atoms with Crippen molar-refractivity contribution in [2.75, 3.05) is 13.6 Å². The van der Waals surface area contributed by atoms with Crippen molar-refractivity contribution in [1.29, 1.82) is 0 Å². The van der Waals surface area contributed by atoms with Gasteiger partial charge in [0.25, 0.3) is 0 Å². The first-order valence-corrected chi connectivity index (χ1v) is 6.96. The number of aromatic nitrogens is 2. The van der Waals surface area contributed by atoms with E-state index >= 15 is 0 Å². The maximum Gasteiger partial charge on any atom is 0.433 e. The van der Waals surface area contributed by atoms with Crippen LogP contribution in [0.15, 0.2) is 12.3 Å². The number of piperidine rings is 1. The number of hydrogen-bond donors (Lipinski definition) is 2. The standard InChI is InChI=1S/C13H16F3N5O2/c1-21-6-2-3-8(11(21)22)19-12(23)18-7-10-17-5-4-9(20-10)13(14,15)16/h4-5,8H,2-3,6-7H2,1H3,(H2,18,19,23). The van der Waals surface area contributed by atoms with Gasteiger partial charge in [-0.05, 0) is 18.9 Å². The lowest BCUT2D eigenvalue weighted by Gasteiger charge is -2.29. The molecule has 0 spiro atoms. The van der Waals surface area contributed by atoms with Crippen LogP contribution in [0.5, 0.6) is 0 Å². The monoisotopic (exact) mass is 331 g/mol. The molecule has 0 aromatic carbocycles. The second-order valence-electron chi connectivity index (χ2n) is 5.14. The molecule has 7 nitrogen and oxygen atoms in total. The molecule has 1 aliphatic heterocycles. The van der Waals surface area contributed by atoms with Crippen LogP contribution < -0.4 is 10.6 Å². The Balaban J connectivity index is 1.88. The van der Waals surface area contributed by atoms with Crippen LogP contribution in [0, 0.1) is 0 Å². The largest absolute Gasteiger partial charge is 0.433 e. The number of halogens is 3. The van der Waals surface area contributed by atoms with Crippen LogP contribution in [0.3, 0.4) is 0 Å². The van der Waals surface area contributed by atoms with Gasteiger partial charge in [0.15, 0.2) is 0 Å². The van der Waals surface area contributed by atoms with Gasteiger partial charge in [0.05, 0.1) is 6.54 Å². The van der Waals surface area contributed by atoms with E-state index in [4.69, 9.17) is 0 Å². The van der Waals surface area contributed by atoms with Gasteiger partial charge in [-0.25, -0.2) is 14.8 Å². The van der Waals surface area contributed by atoms with E-state index < -0.39 is 23.9 Å². The van der Waals surface area contributed by atoms with E-state index in [1.165, 1.54) is 4.90 Å². The molecule has 1 aliphatic rings. The summed E-state index contributed by atoms with van der Waals surface area (Å²) in [5.74, 6) is -0.358. The van der Waals surface area contributed by atoms with E-state index in [1.54, 1.807) is 7.05 Å². The summed E-state index contributed by atoms with van der Waals surface area (Å²) in [5, 5.41) is 4.84. The van der Waals surface area contributed by atoms with Crippen molar-refractivity contribution in [3.8, 4) is 0 Å². The summed E-state index contributed by atoms with van der Waals surface area (Å²) in [6.45, 7) is 0.364. The van der Waals surface area contributed by atoms with E-state index in [0.717, 1.165) is 18.7 Å². The maximum atomic E-state index is 12.5. The Hall–Kier alpha value is -2.39. The molecule has 1 fully saturated rings. The first-order chi connectivity index (χ1) is 10.8. The third-order valence-electron chi connectivity index (χ3n) is 3.37. The van der Waals surface area contributed by atoms with Gasteiger partial charge in [-0.1, -0.05) is 0 Å². The van der Waals surface area contributed by atoms with Crippen LogP contribution >= 0.6 is 0 Å². The molecular formula is C13H16F3N5O2. The van der Waals surface area contributed by atoms with Crippen molar-refractivity contribution in [1.82, 2.24) is 25.5 Å². The quantitative estimate of drug-likeness (QED) is 0.862.